The molecule has 3 rings (SSSR count). The number of piperidine rings is 1. The first kappa shape index (κ1) is 15.7. The highest BCUT2D eigenvalue weighted by atomic mass is 16.2. The van der Waals surface area contributed by atoms with Crippen molar-refractivity contribution in [2.75, 3.05) is 13.1 Å². The normalized spacial score (nSPS) is 23.9. The van der Waals surface area contributed by atoms with Crippen LogP contribution in [-0.4, -0.2) is 41.1 Å². The highest BCUT2D eigenvalue weighted by Crippen LogP contribution is 2.31. The maximum Gasteiger partial charge on any atom is 0.253 e. The number of rotatable bonds is 2. The molecule has 2 fully saturated rings. The molecular formula is C18H22N2O3. The van der Waals surface area contributed by atoms with Crippen LogP contribution < -0.4 is 5.32 Å². The zero-order valence-corrected chi connectivity index (χ0v) is 13.6. The summed E-state index contributed by atoms with van der Waals surface area (Å²) in [5, 5.41) is 3.06. The summed E-state index contributed by atoms with van der Waals surface area (Å²) in [4.78, 5) is 37.7. The molecule has 1 aromatic rings. The minimum atomic E-state index is -0.237. The fourth-order valence-corrected chi connectivity index (χ4v) is 3.76. The SMILES string of the molecule is CC(=O)c1ccc(C(=O)N2CCCC3(CCC(=O)N3)C2)cc1C. The summed E-state index contributed by atoms with van der Waals surface area (Å²) >= 11 is 0. The minimum Gasteiger partial charge on any atom is -0.349 e. The molecule has 0 radical (unpaired) electrons. The summed E-state index contributed by atoms with van der Waals surface area (Å²) in [6.45, 7) is 4.67. The number of nitrogens with one attached hydrogen (secondary N) is 1. The smallest absolute Gasteiger partial charge is 0.253 e. The van der Waals surface area contributed by atoms with E-state index in [-0.39, 0.29) is 23.1 Å². The molecule has 2 aliphatic heterocycles. The van der Waals surface area contributed by atoms with Crippen LogP contribution in [0.1, 0.15) is 58.9 Å². The molecule has 5 nitrogen and oxygen atoms in total. The van der Waals surface area contributed by atoms with E-state index in [2.05, 4.69) is 5.32 Å². The van der Waals surface area contributed by atoms with Gasteiger partial charge in [0.1, 0.15) is 0 Å². The molecule has 1 N–H and O–H groups in total. The number of nitrogens with zero attached hydrogens (tertiary/aromatic N) is 1. The minimum absolute atomic E-state index is 0.00657. The lowest BCUT2D eigenvalue weighted by Gasteiger charge is -2.40. The van der Waals surface area contributed by atoms with Gasteiger partial charge >= 0.3 is 0 Å². The van der Waals surface area contributed by atoms with E-state index in [1.54, 1.807) is 18.2 Å². The molecule has 23 heavy (non-hydrogen) atoms. The number of Topliss-reactive ketones (excluding diaryl/α,β-unsaturated/α-hetero) is 1. The third kappa shape index (κ3) is 3.00. The van der Waals surface area contributed by atoms with Gasteiger partial charge in [0.15, 0.2) is 5.78 Å². The molecule has 5 heteroatoms. The van der Waals surface area contributed by atoms with Crippen molar-refractivity contribution in [2.24, 2.45) is 0 Å². The molecule has 0 saturated carbocycles. The molecule has 1 spiro atoms. The molecule has 2 saturated heterocycles. The van der Waals surface area contributed by atoms with Crippen molar-refractivity contribution >= 4 is 17.6 Å². The van der Waals surface area contributed by atoms with Crippen molar-refractivity contribution in [1.82, 2.24) is 10.2 Å². The predicted molar refractivity (Wildman–Crippen MR) is 86.4 cm³/mol. The number of hydrogen-bond acceptors (Lipinski definition) is 3. The number of amides is 2. The largest absolute Gasteiger partial charge is 0.349 e. The van der Waals surface area contributed by atoms with Crippen LogP contribution in [0.4, 0.5) is 0 Å². The van der Waals surface area contributed by atoms with E-state index >= 15 is 0 Å². The Bertz CT molecular complexity index is 683. The highest BCUT2D eigenvalue weighted by Gasteiger charge is 2.42. The van der Waals surface area contributed by atoms with Gasteiger partial charge in [0, 0.05) is 30.6 Å². The number of aryl methyl sites for hydroxylation is 1. The van der Waals surface area contributed by atoms with Crippen molar-refractivity contribution in [2.45, 2.75) is 45.1 Å². The third-order valence-corrected chi connectivity index (χ3v) is 4.95. The van der Waals surface area contributed by atoms with Crippen LogP contribution in [0.3, 0.4) is 0 Å². The van der Waals surface area contributed by atoms with Gasteiger partial charge in [-0.1, -0.05) is 6.07 Å². The zero-order chi connectivity index (χ0) is 16.6. The van der Waals surface area contributed by atoms with Gasteiger partial charge in [0.2, 0.25) is 5.91 Å². The second-order valence-corrected chi connectivity index (χ2v) is 6.74. The maximum atomic E-state index is 12.8. The average Bonchev–Trinajstić information content (AvgIpc) is 2.86. The Morgan fingerprint density at radius 1 is 1.26 bits per heavy atom. The van der Waals surface area contributed by atoms with Crippen LogP contribution in [0.2, 0.25) is 0 Å². The first-order chi connectivity index (χ1) is 10.9. The fourth-order valence-electron chi connectivity index (χ4n) is 3.76. The lowest BCUT2D eigenvalue weighted by atomic mass is 9.87. The van der Waals surface area contributed by atoms with Crippen molar-refractivity contribution < 1.29 is 14.4 Å². The van der Waals surface area contributed by atoms with Gasteiger partial charge in [-0.05, 0) is 50.8 Å². The zero-order valence-electron chi connectivity index (χ0n) is 13.6. The van der Waals surface area contributed by atoms with Crippen molar-refractivity contribution in [1.29, 1.82) is 0 Å². The van der Waals surface area contributed by atoms with E-state index in [0.29, 0.717) is 30.6 Å². The summed E-state index contributed by atoms with van der Waals surface area (Å²) in [7, 11) is 0. The molecule has 122 valence electrons. The van der Waals surface area contributed by atoms with Gasteiger partial charge in [0.25, 0.3) is 5.91 Å². The number of carbonyl (C=O) groups excluding carboxylic acids is 3. The van der Waals surface area contributed by atoms with E-state index in [1.165, 1.54) is 6.92 Å². The van der Waals surface area contributed by atoms with Crippen LogP contribution in [0, 0.1) is 6.92 Å². The maximum absolute atomic E-state index is 12.8. The van der Waals surface area contributed by atoms with E-state index in [9.17, 15) is 14.4 Å². The number of ketones is 1. The van der Waals surface area contributed by atoms with Crippen LogP contribution in [-0.2, 0) is 4.79 Å². The molecule has 1 unspecified atom stereocenters. The fraction of sp³-hybridized carbons (Fsp3) is 0.500. The molecule has 0 aromatic heterocycles. The third-order valence-electron chi connectivity index (χ3n) is 4.95. The van der Waals surface area contributed by atoms with Crippen molar-refractivity contribution in [3.63, 3.8) is 0 Å². The lowest BCUT2D eigenvalue weighted by Crippen LogP contribution is -2.56. The summed E-state index contributed by atoms with van der Waals surface area (Å²) < 4.78 is 0. The lowest BCUT2D eigenvalue weighted by molar-refractivity contribution is -0.120. The summed E-state index contributed by atoms with van der Waals surface area (Å²) in [6.07, 6.45) is 3.19. The van der Waals surface area contributed by atoms with Crippen LogP contribution in [0.15, 0.2) is 18.2 Å². The van der Waals surface area contributed by atoms with Gasteiger partial charge in [-0.15, -0.1) is 0 Å². The van der Waals surface area contributed by atoms with Gasteiger partial charge in [-0.2, -0.15) is 0 Å². The van der Waals surface area contributed by atoms with Gasteiger partial charge < -0.3 is 10.2 Å². The topological polar surface area (TPSA) is 66.5 Å². The molecule has 1 atom stereocenters. The molecule has 2 heterocycles. The van der Waals surface area contributed by atoms with Crippen LogP contribution in [0.25, 0.3) is 0 Å². The van der Waals surface area contributed by atoms with Gasteiger partial charge in [-0.25, -0.2) is 0 Å². The number of hydrogen-bond donors (Lipinski definition) is 1. The first-order valence-electron chi connectivity index (χ1n) is 8.12. The van der Waals surface area contributed by atoms with Crippen molar-refractivity contribution in [3.05, 3.63) is 34.9 Å². The molecule has 0 bridgehead atoms. The summed E-state index contributed by atoms with van der Waals surface area (Å²) in [6, 6.07) is 5.23. The Hall–Kier alpha value is -2.17. The highest BCUT2D eigenvalue weighted by molar-refractivity contribution is 5.99. The van der Waals surface area contributed by atoms with E-state index < -0.39 is 0 Å². The first-order valence-corrected chi connectivity index (χ1v) is 8.12. The summed E-state index contributed by atoms with van der Waals surface area (Å²) in [5.74, 6) is 0.0662. The van der Waals surface area contributed by atoms with Gasteiger partial charge in [0.05, 0.1) is 5.54 Å². The number of likely N-dealkylation sites (tertiary alicyclic amines) is 1. The van der Waals surface area contributed by atoms with Crippen molar-refractivity contribution in [3.8, 4) is 0 Å². The Balaban J connectivity index is 1.79. The van der Waals surface area contributed by atoms with Gasteiger partial charge in [-0.3, -0.25) is 14.4 Å². The Morgan fingerprint density at radius 3 is 2.65 bits per heavy atom. The molecule has 2 aliphatic rings. The quantitative estimate of drug-likeness (QED) is 0.850. The second-order valence-electron chi connectivity index (χ2n) is 6.74. The monoisotopic (exact) mass is 314 g/mol. The Morgan fingerprint density at radius 2 is 2.04 bits per heavy atom. The molecule has 1 aromatic carbocycles. The summed E-state index contributed by atoms with van der Waals surface area (Å²) in [5.41, 5.74) is 1.84. The van der Waals surface area contributed by atoms with Crippen LogP contribution in [0.5, 0.6) is 0 Å². The standard InChI is InChI=1S/C18H22N2O3/c1-12-10-14(4-5-15(12)13(2)21)17(23)20-9-3-7-18(11-20)8-6-16(22)19-18/h4-5,10H,3,6-9,11H2,1-2H3,(H,19,22). The van der Waals surface area contributed by atoms with E-state index in [1.807, 2.05) is 11.8 Å². The molecule has 0 aliphatic carbocycles. The second kappa shape index (κ2) is 5.80. The Labute approximate surface area is 136 Å². The number of carbonyl (C=O) groups is 3. The average molecular weight is 314 g/mol. The molecular weight excluding hydrogens is 292 g/mol. The molecule has 2 amide bonds. The Kier molecular flexibility index (Phi) is 3.96. The number of benzene rings is 1. The predicted octanol–water partition coefficient (Wildman–Crippen LogP) is 2.08. The van der Waals surface area contributed by atoms with E-state index in [0.717, 1.165) is 24.8 Å². The van der Waals surface area contributed by atoms with E-state index in [4.69, 9.17) is 0 Å². The van der Waals surface area contributed by atoms with Crippen LogP contribution >= 0.6 is 0 Å².